The Morgan fingerprint density at radius 1 is 1.57 bits per heavy atom. The van der Waals surface area contributed by atoms with Gasteiger partial charge >= 0.3 is 5.97 Å². The van der Waals surface area contributed by atoms with E-state index in [-0.39, 0.29) is 5.76 Å². The molecule has 0 bridgehead atoms. The summed E-state index contributed by atoms with van der Waals surface area (Å²) in [6, 6.07) is 0. The van der Waals surface area contributed by atoms with Crippen molar-refractivity contribution in [1.29, 1.82) is 0 Å². The first-order valence-corrected chi connectivity index (χ1v) is 4.35. The molecule has 1 heterocycles. The molecule has 1 aromatic heterocycles. The molecule has 0 fully saturated rings. The van der Waals surface area contributed by atoms with Crippen LogP contribution in [-0.4, -0.2) is 41.8 Å². The maximum atomic E-state index is 10.6. The average molecular weight is 198 g/mol. The molecule has 0 radical (unpaired) electrons. The van der Waals surface area contributed by atoms with Gasteiger partial charge in [-0.05, 0) is 21.0 Å². The van der Waals surface area contributed by atoms with E-state index in [9.17, 15) is 4.79 Å². The summed E-state index contributed by atoms with van der Waals surface area (Å²) in [6.45, 7) is 2.54. The van der Waals surface area contributed by atoms with Gasteiger partial charge in [-0.2, -0.15) is 0 Å². The third-order valence-electron chi connectivity index (χ3n) is 2.01. The highest BCUT2D eigenvalue weighted by Crippen LogP contribution is 2.13. The lowest BCUT2D eigenvalue weighted by Gasteiger charge is -2.06. The lowest BCUT2D eigenvalue weighted by Crippen LogP contribution is -2.15. The lowest BCUT2D eigenvalue weighted by atomic mass is 10.1. The molecule has 0 unspecified atom stereocenters. The van der Waals surface area contributed by atoms with Gasteiger partial charge in [-0.1, -0.05) is 5.16 Å². The summed E-state index contributed by atoms with van der Waals surface area (Å²) in [5, 5.41) is 12.4. The zero-order valence-electron chi connectivity index (χ0n) is 8.57. The summed E-state index contributed by atoms with van der Waals surface area (Å²) in [7, 11) is 3.90. The molecule has 0 saturated carbocycles. The Hall–Kier alpha value is -1.36. The van der Waals surface area contributed by atoms with E-state index >= 15 is 0 Å². The zero-order chi connectivity index (χ0) is 10.7. The van der Waals surface area contributed by atoms with Crippen molar-refractivity contribution in [2.24, 2.45) is 0 Å². The number of hydrogen-bond acceptors (Lipinski definition) is 4. The van der Waals surface area contributed by atoms with Crippen molar-refractivity contribution in [1.82, 2.24) is 10.1 Å². The number of nitrogens with zero attached hydrogens (tertiary/aromatic N) is 2. The minimum absolute atomic E-state index is 0.0567. The topological polar surface area (TPSA) is 66.6 Å². The Bertz CT molecular complexity index is 331. The molecule has 0 spiro atoms. The van der Waals surface area contributed by atoms with Crippen LogP contribution in [0, 0.1) is 6.92 Å². The Balaban J connectivity index is 2.74. The van der Waals surface area contributed by atoms with Crippen molar-refractivity contribution in [3.63, 3.8) is 0 Å². The van der Waals surface area contributed by atoms with Crippen molar-refractivity contribution in [3.05, 3.63) is 17.0 Å². The van der Waals surface area contributed by atoms with Gasteiger partial charge in [0.05, 0.1) is 5.69 Å². The fourth-order valence-electron chi connectivity index (χ4n) is 1.13. The van der Waals surface area contributed by atoms with Gasteiger partial charge in [0.2, 0.25) is 5.76 Å². The van der Waals surface area contributed by atoms with Crippen molar-refractivity contribution in [2.75, 3.05) is 20.6 Å². The number of carbonyl (C=O) groups is 1. The summed E-state index contributed by atoms with van der Waals surface area (Å²) >= 11 is 0. The van der Waals surface area contributed by atoms with E-state index in [2.05, 4.69) is 5.16 Å². The second-order valence-electron chi connectivity index (χ2n) is 3.44. The number of carboxylic acid groups (broad SMARTS) is 1. The van der Waals surface area contributed by atoms with E-state index in [0.29, 0.717) is 12.0 Å². The molecule has 0 aliphatic rings. The number of carboxylic acids is 1. The average Bonchev–Trinajstić information content (AvgIpc) is 2.43. The molecule has 14 heavy (non-hydrogen) atoms. The van der Waals surface area contributed by atoms with Gasteiger partial charge in [-0.15, -0.1) is 0 Å². The highest BCUT2D eigenvalue weighted by molar-refractivity contribution is 5.86. The van der Waals surface area contributed by atoms with E-state index in [4.69, 9.17) is 9.63 Å². The molecule has 0 aliphatic carbocycles. The number of aromatic nitrogens is 1. The van der Waals surface area contributed by atoms with Crippen LogP contribution >= 0.6 is 0 Å². The minimum atomic E-state index is -1.06. The lowest BCUT2D eigenvalue weighted by molar-refractivity contribution is 0.0651. The molecule has 0 amide bonds. The second kappa shape index (κ2) is 4.23. The maximum absolute atomic E-state index is 10.6. The third-order valence-corrected chi connectivity index (χ3v) is 2.01. The molecule has 0 atom stereocenters. The number of rotatable bonds is 4. The number of likely N-dealkylation sites (N-methyl/N-ethyl adjacent to an activating group) is 1. The van der Waals surface area contributed by atoms with Crippen LogP contribution < -0.4 is 0 Å². The maximum Gasteiger partial charge on any atom is 0.375 e. The van der Waals surface area contributed by atoms with Crippen molar-refractivity contribution in [3.8, 4) is 0 Å². The highest BCUT2D eigenvalue weighted by atomic mass is 16.5. The predicted octanol–water partition coefficient (Wildman–Crippen LogP) is 0.785. The van der Waals surface area contributed by atoms with E-state index in [1.807, 2.05) is 19.0 Å². The van der Waals surface area contributed by atoms with Gasteiger partial charge in [0, 0.05) is 18.5 Å². The van der Waals surface area contributed by atoms with Gasteiger partial charge in [0.25, 0.3) is 0 Å². The molecule has 0 aliphatic heterocycles. The second-order valence-corrected chi connectivity index (χ2v) is 3.44. The summed E-state index contributed by atoms with van der Waals surface area (Å²) in [5.41, 5.74) is 1.34. The summed E-state index contributed by atoms with van der Waals surface area (Å²) in [4.78, 5) is 12.6. The third kappa shape index (κ3) is 2.32. The molecule has 0 aromatic carbocycles. The quantitative estimate of drug-likeness (QED) is 0.774. The van der Waals surface area contributed by atoms with E-state index in [1.165, 1.54) is 0 Å². The van der Waals surface area contributed by atoms with Gasteiger partial charge < -0.3 is 14.5 Å². The van der Waals surface area contributed by atoms with Crippen molar-refractivity contribution >= 4 is 5.97 Å². The molecule has 1 aromatic rings. The SMILES string of the molecule is Cc1c(CCN(C)C)noc1C(=O)O. The van der Waals surface area contributed by atoms with Crippen molar-refractivity contribution in [2.45, 2.75) is 13.3 Å². The largest absolute Gasteiger partial charge is 0.475 e. The van der Waals surface area contributed by atoms with Crippen LogP contribution in [0.5, 0.6) is 0 Å². The van der Waals surface area contributed by atoms with Gasteiger partial charge in [-0.25, -0.2) is 4.79 Å². The fourth-order valence-corrected chi connectivity index (χ4v) is 1.13. The van der Waals surface area contributed by atoms with Crippen LogP contribution in [0.4, 0.5) is 0 Å². The molecule has 1 N–H and O–H groups in total. The number of hydrogen-bond donors (Lipinski definition) is 1. The van der Waals surface area contributed by atoms with Gasteiger partial charge in [-0.3, -0.25) is 0 Å². The van der Waals surface area contributed by atoms with Crippen LogP contribution in [0.1, 0.15) is 21.8 Å². The standard InChI is InChI=1S/C9H14N2O3/c1-6-7(4-5-11(2)3)10-14-8(6)9(12)13/h4-5H2,1-3H3,(H,12,13). The Labute approximate surface area is 82.3 Å². The minimum Gasteiger partial charge on any atom is -0.475 e. The summed E-state index contributed by atoms with van der Waals surface area (Å²) in [5.74, 6) is -1.12. The Kier molecular flexibility index (Phi) is 3.24. The highest BCUT2D eigenvalue weighted by Gasteiger charge is 2.17. The van der Waals surface area contributed by atoms with E-state index in [1.54, 1.807) is 6.92 Å². The first-order chi connectivity index (χ1) is 6.52. The van der Waals surface area contributed by atoms with Crippen LogP contribution in [0.2, 0.25) is 0 Å². The van der Waals surface area contributed by atoms with Gasteiger partial charge in [0.15, 0.2) is 0 Å². The summed E-state index contributed by atoms with van der Waals surface area (Å²) in [6.07, 6.45) is 0.704. The van der Waals surface area contributed by atoms with Crippen molar-refractivity contribution < 1.29 is 14.4 Å². The molecule has 5 nitrogen and oxygen atoms in total. The van der Waals surface area contributed by atoms with Gasteiger partial charge in [0.1, 0.15) is 0 Å². The van der Waals surface area contributed by atoms with E-state index < -0.39 is 5.97 Å². The molecule has 5 heteroatoms. The monoisotopic (exact) mass is 198 g/mol. The molecule has 1 rings (SSSR count). The fraction of sp³-hybridized carbons (Fsp3) is 0.556. The Morgan fingerprint density at radius 2 is 2.21 bits per heavy atom. The van der Waals surface area contributed by atoms with Crippen LogP contribution in [0.25, 0.3) is 0 Å². The van der Waals surface area contributed by atoms with Crippen LogP contribution in [0.15, 0.2) is 4.52 Å². The van der Waals surface area contributed by atoms with E-state index in [0.717, 1.165) is 12.2 Å². The molecule has 78 valence electrons. The van der Waals surface area contributed by atoms with Crippen LogP contribution in [-0.2, 0) is 6.42 Å². The number of aromatic carboxylic acids is 1. The first kappa shape index (κ1) is 10.7. The molecular weight excluding hydrogens is 184 g/mol. The molecular formula is C9H14N2O3. The first-order valence-electron chi connectivity index (χ1n) is 4.35. The normalized spacial score (nSPS) is 10.9. The Morgan fingerprint density at radius 3 is 2.64 bits per heavy atom. The predicted molar refractivity (Wildman–Crippen MR) is 50.5 cm³/mol. The summed E-state index contributed by atoms with van der Waals surface area (Å²) < 4.78 is 4.72. The zero-order valence-corrected chi connectivity index (χ0v) is 8.57. The smallest absolute Gasteiger partial charge is 0.375 e. The van der Waals surface area contributed by atoms with Crippen LogP contribution in [0.3, 0.4) is 0 Å². The molecule has 0 saturated heterocycles.